The lowest BCUT2D eigenvalue weighted by molar-refractivity contribution is 0.0845. The van der Waals surface area contributed by atoms with Crippen molar-refractivity contribution in [3.8, 4) is 11.5 Å². The molecule has 0 saturated carbocycles. The Morgan fingerprint density at radius 1 is 0.971 bits per heavy atom. The van der Waals surface area contributed by atoms with Crippen molar-refractivity contribution in [3.63, 3.8) is 0 Å². The van der Waals surface area contributed by atoms with Crippen LogP contribution in [-0.2, 0) is 10.0 Å². The Hall–Kier alpha value is -3.07. The van der Waals surface area contributed by atoms with Crippen LogP contribution in [0.1, 0.15) is 79.8 Å². The van der Waals surface area contributed by atoms with Gasteiger partial charge < -0.3 is 14.8 Å². The molecule has 1 N–H and O–H groups in total. The van der Waals surface area contributed by atoms with Gasteiger partial charge in [-0.15, -0.1) is 0 Å². The van der Waals surface area contributed by atoms with Crippen molar-refractivity contribution in [2.75, 3.05) is 13.2 Å². The molecule has 1 aliphatic heterocycles. The highest BCUT2D eigenvalue weighted by atomic mass is 32.2. The highest BCUT2D eigenvalue weighted by Crippen LogP contribution is 2.33. The van der Waals surface area contributed by atoms with Crippen LogP contribution >= 0.6 is 0 Å². The summed E-state index contributed by atoms with van der Waals surface area (Å²) in [5.41, 5.74) is 1.06. The van der Waals surface area contributed by atoms with Crippen LogP contribution in [0.4, 0.5) is 0 Å². The second kappa shape index (κ2) is 10.5. The Morgan fingerprint density at radius 2 is 1.62 bits per heavy atom. The first kappa shape index (κ1) is 25.6. The SMILES string of the molecule is CCCOc1ccc(C(C)NC(=O)c2ccc3c(c2)S(=O)(=O)N(C(C)C)C3=O)cc1OCCC. The topological polar surface area (TPSA) is 102 Å². The number of carbonyl (C=O) groups is 2. The van der Waals surface area contributed by atoms with E-state index in [2.05, 4.69) is 5.32 Å². The third-order valence-corrected chi connectivity index (χ3v) is 7.42. The van der Waals surface area contributed by atoms with Crippen LogP contribution < -0.4 is 14.8 Å². The van der Waals surface area contributed by atoms with E-state index in [1.807, 2.05) is 39.0 Å². The van der Waals surface area contributed by atoms with Crippen molar-refractivity contribution in [1.29, 1.82) is 0 Å². The molecule has 184 valence electrons. The zero-order valence-electron chi connectivity index (χ0n) is 20.3. The number of sulfonamides is 1. The van der Waals surface area contributed by atoms with Gasteiger partial charge in [-0.2, -0.15) is 0 Å². The van der Waals surface area contributed by atoms with Gasteiger partial charge in [-0.25, -0.2) is 12.7 Å². The Bertz CT molecular complexity index is 1180. The molecule has 8 nitrogen and oxygen atoms in total. The highest BCUT2D eigenvalue weighted by molar-refractivity contribution is 7.90. The lowest BCUT2D eigenvalue weighted by Gasteiger charge is -2.19. The molecule has 3 rings (SSSR count). The van der Waals surface area contributed by atoms with Crippen LogP contribution in [0.15, 0.2) is 41.3 Å². The van der Waals surface area contributed by atoms with Gasteiger partial charge in [0, 0.05) is 11.6 Å². The number of hydrogen-bond acceptors (Lipinski definition) is 6. The van der Waals surface area contributed by atoms with E-state index in [4.69, 9.17) is 9.47 Å². The Morgan fingerprint density at radius 3 is 2.24 bits per heavy atom. The molecule has 0 aromatic heterocycles. The van der Waals surface area contributed by atoms with Gasteiger partial charge in [0.25, 0.3) is 21.8 Å². The van der Waals surface area contributed by atoms with E-state index in [1.54, 1.807) is 13.8 Å². The van der Waals surface area contributed by atoms with E-state index in [0.717, 1.165) is 22.7 Å². The molecule has 0 radical (unpaired) electrons. The summed E-state index contributed by atoms with van der Waals surface area (Å²) in [7, 11) is -3.99. The normalized spacial score (nSPS) is 15.2. The van der Waals surface area contributed by atoms with Gasteiger partial charge in [-0.3, -0.25) is 9.59 Å². The van der Waals surface area contributed by atoms with Gasteiger partial charge >= 0.3 is 0 Å². The van der Waals surface area contributed by atoms with E-state index in [0.29, 0.717) is 24.7 Å². The second-order valence-corrected chi connectivity index (χ2v) is 10.3. The third-order valence-electron chi connectivity index (χ3n) is 5.42. The second-order valence-electron chi connectivity index (χ2n) is 8.51. The number of rotatable bonds is 10. The van der Waals surface area contributed by atoms with E-state index < -0.39 is 27.9 Å². The molecule has 2 aromatic rings. The minimum Gasteiger partial charge on any atom is -0.490 e. The number of carbonyl (C=O) groups excluding carboxylic acids is 2. The standard InChI is InChI=1S/C25H32N2O6S/c1-6-12-32-21-11-9-18(14-22(21)33-13-7-2)17(5)26-24(28)19-8-10-20-23(15-19)34(30,31)27(16(3)4)25(20)29/h8-11,14-17H,6-7,12-13H2,1-5H3,(H,26,28). The lowest BCUT2D eigenvalue weighted by atomic mass is 10.1. The molecule has 9 heteroatoms. The maximum absolute atomic E-state index is 12.9. The zero-order chi connectivity index (χ0) is 25.0. The van der Waals surface area contributed by atoms with E-state index in [9.17, 15) is 18.0 Å². The van der Waals surface area contributed by atoms with Crippen LogP contribution in [0.25, 0.3) is 0 Å². The number of nitrogens with zero attached hydrogens (tertiary/aromatic N) is 1. The van der Waals surface area contributed by atoms with Crippen molar-refractivity contribution in [2.45, 2.75) is 64.4 Å². The van der Waals surface area contributed by atoms with Gasteiger partial charge in [-0.05, 0) is 69.5 Å². The highest BCUT2D eigenvalue weighted by Gasteiger charge is 2.43. The zero-order valence-corrected chi connectivity index (χ0v) is 21.1. The van der Waals surface area contributed by atoms with Crippen molar-refractivity contribution in [3.05, 3.63) is 53.1 Å². The molecule has 34 heavy (non-hydrogen) atoms. The summed E-state index contributed by atoms with van der Waals surface area (Å²) in [5, 5.41) is 2.89. The number of ether oxygens (including phenoxy) is 2. The van der Waals surface area contributed by atoms with E-state index in [-0.39, 0.29) is 22.1 Å². The molecule has 0 bridgehead atoms. The van der Waals surface area contributed by atoms with Crippen LogP contribution in [0.3, 0.4) is 0 Å². The first-order chi connectivity index (χ1) is 16.1. The molecule has 1 heterocycles. The molecule has 0 saturated heterocycles. The summed E-state index contributed by atoms with van der Waals surface area (Å²) in [6.07, 6.45) is 1.72. The molecule has 1 unspecified atom stereocenters. The summed E-state index contributed by atoms with van der Waals surface area (Å²) in [6.45, 7) is 10.3. The fraction of sp³-hybridized carbons (Fsp3) is 0.440. The molecule has 2 aromatic carbocycles. The first-order valence-electron chi connectivity index (χ1n) is 11.5. The molecule has 2 amide bonds. The summed E-state index contributed by atoms with van der Waals surface area (Å²) in [5.74, 6) is 0.254. The molecule has 1 atom stereocenters. The number of nitrogens with one attached hydrogen (secondary N) is 1. The molecular weight excluding hydrogens is 456 g/mol. The van der Waals surface area contributed by atoms with Gasteiger partial charge in [0.2, 0.25) is 0 Å². The number of hydrogen-bond donors (Lipinski definition) is 1. The summed E-state index contributed by atoms with van der Waals surface area (Å²) in [4.78, 5) is 25.3. The Labute approximate surface area is 201 Å². The minimum atomic E-state index is -3.99. The van der Waals surface area contributed by atoms with Crippen LogP contribution in [0.5, 0.6) is 11.5 Å². The summed E-state index contributed by atoms with van der Waals surface area (Å²) in [6, 6.07) is 8.77. The Kier molecular flexibility index (Phi) is 7.86. The van der Waals surface area contributed by atoms with Crippen molar-refractivity contribution in [2.24, 2.45) is 0 Å². The molecule has 0 aliphatic carbocycles. The minimum absolute atomic E-state index is 0.0821. The van der Waals surface area contributed by atoms with Gasteiger partial charge in [0.15, 0.2) is 11.5 Å². The Balaban J connectivity index is 1.82. The van der Waals surface area contributed by atoms with Gasteiger partial charge in [0.05, 0.1) is 24.8 Å². The van der Waals surface area contributed by atoms with Crippen LogP contribution in [-0.4, -0.2) is 43.8 Å². The molecule has 0 fully saturated rings. The predicted molar refractivity (Wildman–Crippen MR) is 129 cm³/mol. The molecule has 1 aliphatic rings. The average Bonchev–Trinajstić information content (AvgIpc) is 3.00. The van der Waals surface area contributed by atoms with Gasteiger partial charge in [0.1, 0.15) is 4.90 Å². The maximum atomic E-state index is 12.9. The first-order valence-corrected chi connectivity index (χ1v) is 13.0. The average molecular weight is 489 g/mol. The van der Waals surface area contributed by atoms with Gasteiger partial charge in [-0.1, -0.05) is 19.9 Å². The molecule has 0 spiro atoms. The van der Waals surface area contributed by atoms with Crippen molar-refractivity contribution in [1.82, 2.24) is 9.62 Å². The number of amides is 2. The monoisotopic (exact) mass is 488 g/mol. The van der Waals surface area contributed by atoms with E-state index in [1.165, 1.54) is 18.2 Å². The fourth-order valence-electron chi connectivity index (χ4n) is 3.71. The third kappa shape index (κ3) is 5.04. The lowest BCUT2D eigenvalue weighted by Crippen LogP contribution is -2.36. The quantitative estimate of drug-likeness (QED) is 0.535. The fourth-order valence-corrected chi connectivity index (χ4v) is 5.51. The maximum Gasteiger partial charge on any atom is 0.269 e. The van der Waals surface area contributed by atoms with E-state index >= 15 is 0 Å². The van der Waals surface area contributed by atoms with Crippen molar-refractivity contribution >= 4 is 21.8 Å². The van der Waals surface area contributed by atoms with Crippen molar-refractivity contribution < 1.29 is 27.5 Å². The summed E-state index contributed by atoms with van der Waals surface area (Å²) >= 11 is 0. The van der Waals surface area contributed by atoms with Crippen LogP contribution in [0.2, 0.25) is 0 Å². The number of fused-ring (bicyclic) bond motifs is 1. The largest absolute Gasteiger partial charge is 0.490 e. The summed E-state index contributed by atoms with van der Waals surface area (Å²) < 4.78 is 38.1. The van der Waals surface area contributed by atoms with Crippen LogP contribution in [0, 0.1) is 0 Å². The number of benzene rings is 2. The molecular formula is C25H32N2O6S. The smallest absolute Gasteiger partial charge is 0.269 e. The predicted octanol–water partition coefficient (Wildman–Crippen LogP) is 4.31.